The molecule has 0 spiro atoms. The van der Waals surface area contributed by atoms with E-state index < -0.39 is 5.97 Å². The number of fused-ring (bicyclic) bond motifs is 1. The van der Waals surface area contributed by atoms with Crippen LogP contribution in [-0.4, -0.2) is 32.8 Å². The zero-order valence-corrected chi connectivity index (χ0v) is 15.8. The quantitative estimate of drug-likeness (QED) is 0.849. The first-order valence-corrected chi connectivity index (χ1v) is 10.4. The van der Waals surface area contributed by atoms with Crippen molar-refractivity contribution in [1.29, 1.82) is 0 Å². The van der Waals surface area contributed by atoms with Crippen LogP contribution in [0.15, 0.2) is 6.07 Å². The first-order valence-electron chi connectivity index (χ1n) is 9.55. The van der Waals surface area contributed by atoms with Crippen molar-refractivity contribution < 1.29 is 14.7 Å². The molecule has 1 amide bonds. The van der Waals surface area contributed by atoms with Crippen molar-refractivity contribution >= 4 is 33.4 Å². The molecule has 4 rings (SSSR count). The first-order chi connectivity index (χ1) is 12.5. The van der Waals surface area contributed by atoms with Gasteiger partial charge in [-0.1, -0.05) is 19.3 Å². The molecule has 0 saturated heterocycles. The SMILES string of the molecule is Cc1nn(C2CCCCC2)c2sc(C(=O)NC3CC[C@@H](C(=O)O)C3)cc12. The topological polar surface area (TPSA) is 84.2 Å². The van der Waals surface area contributed by atoms with Crippen molar-refractivity contribution in [2.24, 2.45) is 5.92 Å². The lowest BCUT2D eigenvalue weighted by molar-refractivity contribution is -0.141. The Bertz CT molecular complexity index is 835. The maximum absolute atomic E-state index is 12.7. The van der Waals surface area contributed by atoms with Gasteiger partial charge in [0.2, 0.25) is 0 Å². The maximum atomic E-state index is 12.7. The summed E-state index contributed by atoms with van der Waals surface area (Å²) >= 11 is 1.51. The number of amides is 1. The second kappa shape index (κ2) is 7.02. The molecule has 0 bridgehead atoms. The summed E-state index contributed by atoms with van der Waals surface area (Å²) < 4.78 is 2.14. The van der Waals surface area contributed by atoms with E-state index in [2.05, 4.69) is 10.00 Å². The molecule has 7 heteroatoms. The number of carboxylic acids is 1. The maximum Gasteiger partial charge on any atom is 0.306 e. The van der Waals surface area contributed by atoms with Crippen LogP contribution >= 0.6 is 11.3 Å². The molecule has 2 atom stereocenters. The number of hydrogen-bond acceptors (Lipinski definition) is 4. The summed E-state index contributed by atoms with van der Waals surface area (Å²) in [6.07, 6.45) is 8.03. The number of rotatable bonds is 4. The average molecular weight is 375 g/mol. The number of carboxylic acid groups (broad SMARTS) is 1. The number of thiophene rings is 1. The Labute approximate surface area is 156 Å². The largest absolute Gasteiger partial charge is 0.481 e. The second-order valence-corrected chi connectivity index (χ2v) is 8.70. The molecule has 2 saturated carbocycles. The van der Waals surface area contributed by atoms with Gasteiger partial charge in [-0.2, -0.15) is 5.10 Å². The van der Waals surface area contributed by atoms with Gasteiger partial charge in [0.1, 0.15) is 4.83 Å². The molecule has 2 aromatic rings. The van der Waals surface area contributed by atoms with Gasteiger partial charge in [0, 0.05) is 11.4 Å². The Morgan fingerprint density at radius 3 is 2.69 bits per heavy atom. The standard InChI is InChI=1S/C19H25N3O3S/c1-11-15-10-16(17(23)20-13-8-7-12(9-13)19(24)25)26-18(15)22(21-11)14-5-3-2-4-6-14/h10,12-14H,2-9H2,1H3,(H,20,23)(H,24,25)/t12-,13?/m1/s1. The van der Waals surface area contributed by atoms with Crippen LogP contribution in [0, 0.1) is 12.8 Å². The zero-order valence-electron chi connectivity index (χ0n) is 15.0. The van der Waals surface area contributed by atoms with Crippen molar-refractivity contribution in [3.8, 4) is 0 Å². The van der Waals surface area contributed by atoms with Gasteiger partial charge in [-0.25, -0.2) is 0 Å². The summed E-state index contributed by atoms with van der Waals surface area (Å²) in [6, 6.07) is 2.35. The van der Waals surface area contributed by atoms with Gasteiger partial charge in [0.15, 0.2) is 0 Å². The van der Waals surface area contributed by atoms with Crippen LogP contribution in [-0.2, 0) is 4.79 Å². The number of nitrogens with zero attached hydrogens (tertiary/aromatic N) is 2. The highest BCUT2D eigenvalue weighted by Crippen LogP contribution is 2.35. The van der Waals surface area contributed by atoms with Gasteiger partial charge in [-0.05, 0) is 45.1 Å². The Balaban J connectivity index is 1.52. The molecular weight excluding hydrogens is 350 g/mol. The van der Waals surface area contributed by atoms with Crippen molar-refractivity contribution in [2.75, 3.05) is 0 Å². The average Bonchev–Trinajstić information content (AvgIpc) is 3.32. The number of carbonyl (C=O) groups is 2. The number of aromatic nitrogens is 2. The van der Waals surface area contributed by atoms with E-state index in [-0.39, 0.29) is 17.9 Å². The van der Waals surface area contributed by atoms with Gasteiger partial charge in [-0.3, -0.25) is 14.3 Å². The summed E-state index contributed by atoms with van der Waals surface area (Å²) in [5.41, 5.74) is 0.979. The smallest absolute Gasteiger partial charge is 0.306 e. The summed E-state index contributed by atoms with van der Waals surface area (Å²) in [6.45, 7) is 2.00. The number of hydrogen-bond donors (Lipinski definition) is 2. The minimum absolute atomic E-state index is 0.0373. The summed E-state index contributed by atoms with van der Waals surface area (Å²) in [7, 11) is 0. The molecule has 2 aliphatic carbocycles. The highest BCUT2D eigenvalue weighted by Gasteiger charge is 2.31. The Hall–Kier alpha value is -1.89. The molecule has 0 aromatic carbocycles. The number of aryl methyl sites for hydroxylation is 1. The molecule has 2 N–H and O–H groups in total. The normalized spacial score (nSPS) is 24.2. The zero-order chi connectivity index (χ0) is 18.3. The van der Waals surface area contributed by atoms with Gasteiger partial charge in [0.25, 0.3) is 5.91 Å². The fourth-order valence-electron chi connectivity index (χ4n) is 4.35. The minimum atomic E-state index is -0.758. The fraction of sp³-hybridized carbons (Fsp3) is 0.632. The minimum Gasteiger partial charge on any atom is -0.481 e. The highest BCUT2D eigenvalue weighted by atomic mass is 32.1. The van der Waals surface area contributed by atoms with Crippen LogP contribution in [0.5, 0.6) is 0 Å². The molecule has 6 nitrogen and oxygen atoms in total. The highest BCUT2D eigenvalue weighted by molar-refractivity contribution is 7.20. The number of carbonyl (C=O) groups excluding carboxylic acids is 1. The molecule has 2 heterocycles. The van der Waals surface area contributed by atoms with Gasteiger partial charge >= 0.3 is 5.97 Å². The van der Waals surface area contributed by atoms with E-state index in [1.165, 1.54) is 30.6 Å². The van der Waals surface area contributed by atoms with E-state index in [9.17, 15) is 9.59 Å². The fourth-order valence-corrected chi connectivity index (χ4v) is 5.49. The molecule has 140 valence electrons. The lowest BCUT2D eigenvalue weighted by Crippen LogP contribution is -2.32. The van der Waals surface area contributed by atoms with Crippen LogP contribution in [0.2, 0.25) is 0 Å². The van der Waals surface area contributed by atoms with E-state index in [4.69, 9.17) is 10.2 Å². The molecule has 1 unspecified atom stereocenters. The third-order valence-electron chi connectivity index (χ3n) is 5.83. The second-order valence-electron chi connectivity index (χ2n) is 7.67. The molecular formula is C19H25N3O3S. The Morgan fingerprint density at radius 2 is 2.00 bits per heavy atom. The van der Waals surface area contributed by atoms with Crippen molar-refractivity contribution in [3.63, 3.8) is 0 Å². The van der Waals surface area contributed by atoms with E-state index in [1.807, 2.05) is 13.0 Å². The third kappa shape index (κ3) is 3.24. The Kier molecular flexibility index (Phi) is 4.73. The van der Waals surface area contributed by atoms with Crippen LogP contribution in [0.25, 0.3) is 10.2 Å². The lowest BCUT2D eigenvalue weighted by atomic mass is 9.96. The first kappa shape index (κ1) is 17.5. The summed E-state index contributed by atoms with van der Waals surface area (Å²) in [4.78, 5) is 25.5. The monoisotopic (exact) mass is 375 g/mol. The van der Waals surface area contributed by atoms with Crippen molar-refractivity contribution in [3.05, 3.63) is 16.6 Å². The predicted molar refractivity (Wildman–Crippen MR) is 101 cm³/mol. The molecule has 0 aliphatic heterocycles. The number of nitrogens with one attached hydrogen (secondary N) is 1. The molecule has 2 aliphatic rings. The van der Waals surface area contributed by atoms with Crippen molar-refractivity contribution in [1.82, 2.24) is 15.1 Å². The van der Waals surface area contributed by atoms with Gasteiger partial charge < -0.3 is 10.4 Å². The lowest BCUT2D eigenvalue weighted by Gasteiger charge is -2.22. The Morgan fingerprint density at radius 1 is 1.23 bits per heavy atom. The molecule has 2 aromatic heterocycles. The molecule has 0 radical (unpaired) electrons. The van der Waals surface area contributed by atoms with Crippen LogP contribution < -0.4 is 5.32 Å². The summed E-state index contributed by atoms with van der Waals surface area (Å²) in [5.74, 6) is -1.17. The van der Waals surface area contributed by atoms with Crippen LogP contribution in [0.1, 0.15) is 72.8 Å². The number of aliphatic carboxylic acids is 1. The summed E-state index contributed by atoms with van der Waals surface area (Å²) in [5, 5.41) is 17.9. The van der Waals surface area contributed by atoms with Crippen LogP contribution in [0.3, 0.4) is 0 Å². The van der Waals surface area contributed by atoms with Crippen LogP contribution in [0.4, 0.5) is 0 Å². The molecule has 2 fully saturated rings. The van der Waals surface area contributed by atoms with E-state index in [0.717, 1.165) is 35.2 Å². The van der Waals surface area contributed by atoms with Crippen molar-refractivity contribution in [2.45, 2.75) is 70.4 Å². The van der Waals surface area contributed by atoms with E-state index in [1.54, 1.807) is 0 Å². The third-order valence-corrected chi connectivity index (χ3v) is 6.95. The van der Waals surface area contributed by atoms with E-state index in [0.29, 0.717) is 23.8 Å². The van der Waals surface area contributed by atoms with Gasteiger partial charge in [-0.15, -0.1) is 11.3 Å². The molecule has 26 heavy (non-hydrogen) atoms. The van der Waals surface area contributed by atoms with E-state index >= 15 is 0 Å². The predicted octanol–water partition coefficient (Wildman–Crippen LogP) is 3.89. The van der Waals surface area contributed by atoms with Gasteiger partial charge in [0.05, 0.1) is 22.5 Å².